The summed E-state index contributed by atoms with van der Waals surface area (Å²) in [7, 11) is 0. The molecular weight excluding hydrogens is 482 g/mol. The lowest BCUT2D eigenvalue weighted by atomic mass is 10.0. The average Bonchev–Trinajstić information content (AvgIpc) is 3.28. The summed E-state index contributed by atoms with van der Waals surface area (Å²) in [5.74, 6) is -2.32. The number of fused-ring (bicyclic) bond motifs is 1. The van der Waals surface area contributed by atoms with Crippen LogP contribution < -0.4 is 16.6 Å². The Balaban J connectivity index is 1.50. The van der Waals surface area contributed by atoms with Gasteiger partial charge in [0, 0.05) is 24.8 Å². The summed E-state index contributed by atoms with van der Waals surface area (Å²) in [5, 5.41) is 12.3. The smallest absolute Gasteiger partial charge is 0.326 e. The van der Waals surface area contributed by atoms with E-state index in [0.29, 0.717) is 30.5 Å². The number of hydrogen-bond donors (Lipinski definition) is 5. The molecule has 0 saturated carbocycles. The molecule has 2 heterocycles. The van der Waals surface area contributed by atoms with Gasteiger partial charge < -0.3 is 30.6 Å². The SMILES string of the molecule is CCCOCCOC(=O)CCC(NC(=O)c1ccc(CCc2c[nH]c3nc(N)[nH]c(=O)c23)cc1)C(=O)O. The van der Waals surface area contributed by atoms with Gasteiger partial charge in [-0.2, -0.15) is 4.98 Å². The number of carbonyl (C=O) groups excluding carboxylic acids is 2. The maximum Gasteiger partial charge on any atom is 0.326 e. The van der Waals surface area contributed by atoms with E-state index in [2.05, 4.69) is 20.3 Å². The standard InChI is InChI=1S/C25H31N5O7/c1-2-11-36-12-13-37-19(31)10-9-18(24(34)35)28-22(32)16-6-3-15(4-7-16)5-8-17-14-27-21-20(17)23(33)30-25(26)29-21/h3-4,6-7,14,18H,2,5,8-13H2,1H3,(H,28,32)(H,34,35)(H4,26,27,29,30,33). The van der Waals surface area contributed by atoms with E-state index in [1.807, 2.05) is 6.92 Å². The summed E-state index contributed by atoms with van der Waals surface area (Å²) in [6.45, 7) is 2.91. The van der Waals surface area contributed by atoms with Crippen molar-refractivity contribution in [3.05, 3.63) is 57.5 Å². The van der Waals surface area contributed by atoms with Crippen molar-refractivity contribution in [2.45, 2.75) is 45.1 Å². The Labute approximate surface area is 212 Å². The predicted octanol–water partition coefficient (Wildman–Crippen LogP) is 1.55. The largest absolute Gasteiger partial charge is 0.480 e. The topological polar surface area (TPSA) is 189 Å². The minimum Gasteiger partial charge on any atom is -0.480 e. The van der Waals surface area contributed by atoms with Gasteiger partial charge >= 0.3 is 11.9 Å². The Hall–Kier alpha value is -4.19. The van der Waals surface area contributed by atoms with Crippen LogP contribution in [-0.2, 0) is 31.9 Å². The number of aromatic nitrogens is 3. The van der Waals surface area contributed by atoms with E-state index in [-0.39, 0.29) is 43.1 Å². The number of aliphatic carboxylic acids is 1. The fourth-order valence-corrected chi connectivity index (χ4v) is 3.71. The Morgan fingerprint density at radius 1 is 1.14 bits per heavy atom. The van der Waals surface area contributed by atoms with Gasteiger partial charge in [-0.1, -0.05) is 19.1 Å². The highest BCUT2D eigenvalue weighted by atomic mass is 16.6. The van der Waals surface area contributed by atoms with E-state index < -0.39 is 23.9 Å². The molecule has 1 unspecified atom stereocenters. The molecule has 0 radical (unpaired) electrons. The van der Waals surface area contributed by atoms with Crippen LogP contribution in [0.15, 0.2) is 35.3 Å². The molecule has 2 aromatic heterocycles. The zero-order chi connectivity index (χ0) is 26.8. The molecule has 3 aromatic rings. The van der Waals surface area contributed by atoms with Crippen LogP contribution in [0.4, 0.5) is 5.95 Å². The number of aryl methyl sites for hydroxylation is 2. The molecule has 0 aliphatic rings. The first-order valence-corrected chi connectivity index (χ1v) is 12.0. The number of rotatable bonds is 14. The minimum atomic E-state index is -1.24. The van der Waals surface area contributed by atoms with Crippen LogP contribution in [0.25, 0.3) is 11.0 Å². The van der Waals surface area contributed by atoms with Gasteiger partial charge in [-0.05, 0) is 48.9 Å². The third-order valence-electron chi connectivity index (χ3n) is 5.62. The fourth-order valence-electron chi connectivity index (χ4n) is 3.71. The van der Waals surface area contributed by atoms with Crippen LogP contribution in [0.5, 0.6) is 0 Å². The zero-order valence-corrected chi connectivity index (χ0v) is 20.5. The monoisotopic (exact) mass is 513 g/mol. The fraction of sp³-hybridized carbons (Fsp3) is 0.400. The number of nitrogens with one attached hydrogen (secondary N) is 3. The van der Waals surface area contributed by atoms with E-state index in [9.17, 15) is 24.3 Å². The van der Waals surface area contributed by atoms with Crippen molar-refractivity contribution >= 4 is 34.8 Å². The van der Waals surface area contributed by atoms with Gasteiger partial charge in [-0.25, -0.2) is 4.79 Å². The van der Waals surface area contributed by atoms with Crippen molar-refractivity contribution in [1.29, 1.82) is 0 Å². The van der Waals surface area contributed by atoms with E-state index >= 15 is 0 Å². The highest BCUT2D eigenvalue weighted by molar-refractivity contribution is 5.96. The molecule has 1 atom stereocenters. The third-order valence-corrected chi connectivity index (χ3v) is 5.62. The van der Waals surface area contributed by atoms with Crippen LogP contribution in [0.2, 0.25) is 0 Å². The first kappa shape index (κ1) is 27.4. The summed E-state index contributed by atoms with van der Waals surface area (Å²) in [6.07, 6.45) is 3.49. The number of nitrogen functional groups attached to an aromatic ring is 1. The van der Waals surface area contributed by atoms with Gasteiger partial charge in [-0.3, -0.25) is 19.4 Å². The number of carboxylic acids is 1. The molecule has 0 fully saturated rings. The Kier molecular flexibility index (Phi) is 9.78. The van der Waals surface area contributed by atoms with E-state index in [1.165, 1.54) is 0 Å². The Morgan fingerprint density at radius 3 is 2.59 bits per heavy atom. The number of aromatic amines is 2. The Bertz CT molecular complexity index is 1280. The van der Waals surface area contributed by atoms with Gasteiger partial charge in [0.25, 0.3) is 11.5 Å². The maximum atomic E-state index is 12.6. The second-order valence-electron chi connectivity index (χ2n) is 8.42. The molecule has 0 aliphatic heterocycles. The number of anilines is 1. The molecule has 1 amide bonds. The summed E-state index contributed by atoms with van der Waals surface area (Å²) >= 11 is 0. The number of nitrogens with zero attached hydrogens (tertiary/aromatic N) is 1. The maximum absolute atomic E-state index is 12.6. The molecule has 0 spiro atoms. The van der Waals surface area contributed by atoms with Crippen LogP contribution in [-0.4, -0.2) is 63.8 Å². The van der Waals surface area contributed by atoms with Crippen LogP contribution >= 0.6 is 0 Å². The third kappa shape index (κ3) is 7.90. The van der Waals surface area contributed by atoms with Gasteiger partial charge in [0.2, 0.25) is 5.95 Å². The molecule has 0 aliphatic carbocycles. The molecule has 1 aromatic carbocycles. The lowest BCUT2D eigenvalue weighted by Gasteiger charge is -2.14. The molecule has 6 N–H and O–H groups in total. The van der Waals surface area contributed by atoms with Gasteiger partial charge in [0.05, 0.1) is 12.0 Å². The molecule has 0 bridgehead atoms. The minimum absolute atomic E-state index is 0.0396. The first-order chi connectivity index (χ1) is 17.8. The molecule has 0 saturated heterocycles. The highest BCUT2D eigenvalue weighted by Gasteiger charge is 2.22. The summed E-state index contributed by atoms with van der Waals surface area (Å²) in [6, 6.07) is 5.48. The number of carbonyl (C=O) groups is 3. The predicted molar refractivity (Wildman–Crippen MR) is 135 cm³/mol. The van der Waals surface area contributed by atoms with Crippen molar-refractivity contribution in [3.8, 4) is 0 Å². The summed E-state index contributed by atoms with van der Waals surface area (Å²) < 4.78 is 10.2. The molecular formula is C25H31N5O7. The van der Waals surface area contributed by atoms with Crippen LogP contribution in [0.3, 0.4) is 0 Å². The first-order valence-electron chi connectivity index (χ1n) is 12.0. The van der Waals surface area contributed by atoms with Crippen LogP contribution in [0, 0.1) is 0 Å². The van der Waals surface area contributed by atoms with E-state index in [0.717, 1.165) is 17.5 Å². The quantitative estimate of drug-likeness (QED) is 0.157. The lowest BCUT2D eigenvalue weighted by molar-refractivity contribution is -0.146. The van der Waals surface area contributed by atoms with E-state index in [4.69, 9.17) is 15.2 Å². The number of H-pyrrole nitrogens is 2. The van der Waals surface area contributed by atoms with Crippen LogP contribution in [0.1, 0.15) is 47.7 Å². The molecule has 3 rings (SSSR count). The average molecular weight is 514 g/mol. The lowest BCUT2D eigenvalue weighted by Crippen LogP contribution is -2.41. The molecule has 198 valence electrons. The van der Waals surface area contributed by atoms with Gasteiger partial charge in [0.1, 0.15) is 18.3 Å². The second-order valence-corrected chi connectivity index (χ2v) is 8.42. The van der Waals surface area contributed by atoms with Gasteiger partial charge in [0.15, 0.2) is 0 Å². The number of ether oxygens (including phenoxy) is 2. The van der Waals surface area contributed by atoms with Crippen molar-refractivity contribution in [1.82, 2.24) is 20.3 Å². The number of hydrogen-bond acceptors (Lipinski definition) is 8. The van der Waals surface area contributed by atoms with Gasteiger partial charge in [-0.15, -0.1) is 0 Å². The molecule has 37 heavy (non-hydrogen) atoms. The number of benzene rings is 1. The van der Waals surface area contributed by atoms with Crippen molar-refractivity contribution in [2.24, 2.45) is 0 Å². The summed E-state index contributed by atoms with van der Waals surface area (Å²) in [5.41, 5.74) is 7.68. The molecule has 12 heteroatoms. The van der Waals surface area contributed by atoms with Crippen molar-refractivity contribution < 1.29 is 29.0 Å². The molecule has 12 nitrogen and oxygen atoms in total. The van der Waals surface area contributed by atoms with E-state index in [1.54, 1.807) is 30.5 Å². The number of amides is 1. The zero-order valence-electron chi connectivity index (χ0n) is 20.5. The normalized spacial score (nSPS) is 11.8. The van der Waals surface area contributed by atoms with Crippen molar-refractivity contribution in [3.63, 3.8) is 0 Å². The number of carboxylic acid groups (broad SMARTS) is 1. The number of esters is 1. The number of nitrogens with two attached hydrogens (primary N) is 1. The second kappa shape index (κ2) is 13.2. The highest BCUT2D eigenvalue weighted by Crippen LogP contribution is 2.16. The summed E-state index contributed by atoms with van der Waals surface area (Å²) in [4.78, 5) is 57.7. The Morgan fingerprint density at radius 2 is 1.89 bits per heavy atom. The van der Waals surface area contributed by atoms with Crippen molar-refractivity contribution in [2.75, 3.05) is 25.6 Å².